The quantitative estimate of drug-likeness (QED) is 0.0606. The zero-order valence-corrected chi connectivity index (χ0v) is 35.9. The zero-order chi connectivity index (χ0) is 49.8. The molecule has 30 heteroatoms. The molecule has 14 unspecified atom stereocenters. The van der Waals surface area contributed by atoms with Crippen LogP contribution in [-0.4, -0.2) is 292 Å². The standard InChI is InChI=1S/C37H62N2O28/c1-10(45)38-19-12(47)3-37(36(57)58,66-31(19)21(50)13(48)4-40)67-32-24(53)16(6-42)61-35(27(32)56)65-30-20(39-11(2)46)33(60-15(5-41)23(30)52)63-29-18(8-44)62-34(26(55)25(29)54)64-28-17(7-43)59-9-14(49)22(28)51/h12-35,40-44,47-56H,3-9H2,1-2H3,(H,38,45)(H,39,46)(H,57,58)/t12?,13-,14?,15?,16?,17?,18?,19-,20?,21-,22?,23+,24+,25?,26?,27?,28-,29+,30?,31?,32?,33+,34+,35+,37+/m1/s1. The molecule has 5 heterocycles. The average molecular weight is 983 g/mol. The first kappa shape index (κ1) is 55.4. The summed E-state index contributed by atoms with van der Waals surface area (Å²) in [4.78, 5) is 37.6. The van der Waals surface area contributed by atoms with E-state index in [0.29, 0.717) is 0 Å². The maximum absolute atomic E-state index is 13.0. The first-order valence-corrected chi connectivity index (χ1v) is 21.1. The van der Waals surface area contributed by atoms with Crippen LogP contribution in [-0.2, 0) is 57.0 Å². The summed E-state index contributed by atoms with van der Waals surface area (Å²) in [5.41, 5.74) is 0. The maximum atomic E-state index is 13.0. The Bertz CT molecular complexity index is 1620. The van der Waals surface area contributed by atoms with Gasteiger partial charge in [0.25, 0.3) is 5.79 Å². The van der Waals surface area contributed by atoms with Gasteiger partial charge in [-0.25, -0.2) is 4.79 Å². The van der Waals surface area contributed by atoms with Crippen molar-refractivity contribution in [3.63, 3.8) is 0 Å². The van der Waals surface area contributed by atoms with E-state index in [0.717, 1.165) is 13.8 Å². The number of aliphatic carboxylic acids is 1. The van der Waals surface area contributed by atoms with E-state index in [1.807, 2.05) is 0 Å². The molecule has 0 aromatic carbocycles. The van der Waals surface area contributed by atoms with Gasteiger partial charge in [-0.05, 0) is 0 Å². The molecule has 5 rings (SSSR count). The van der Waals surface area contributed by atoms with Crippen LogP contribution in [0.2, 0.25) is 0 Å². The van der Waals surface area contributed by atoms with Crippen LogP contribution in [0.15, 0.2) is 0 Å². The molecule has 388 valence electrons. The Hall–Kier alpha value is -2.55. The Morgan fingerprint density at radius 3 is 1.64 bits per heavy atom. The smallest absolute Gasteiger partial charge is 0.364 e. The minimum absolute atomic E-state index is 0.382. The van der Waals surface area contributed by atoms with Crippen molar-refractivity contribution in [2.75, 3.05) is 39.6 Å². The number of aliphatic hydroxyl groups is 15. The van der Waals surface area contributed by atoms with E-state index in [1.165, 1.54) is 0 Å². The van der Waals surface area contributed by atoms with Gasteiger partial charge in [0.15, 0.2) is 18.9 Å². The number of carbonyl (C=O) groups excluding carboxylic acids is 2. The Balaban J connectivity index is 1.42. The van der Waals surface area contributed by atoms with Gasteiger partial charge in [0.2, 0.25) is 11.8 Å². The van der Waals surface area contributed by atoms with E-state index in [9.17, 15) is 96.1 Å². The van der Waals surface area contributed by atoms with Crippen molar-refractivity contribution in [3.05, 3.63) is 0 Å². The predicted molar refractivity (Wildman–Crippen MR) is 206 cm³/mol. The van der Waals surface area contributed by atoms with Crippen molar-refractivity contribution in [2.24, 2.45) is 0 Å². The van der Waals surface area contributed by atoms with Crippen LogP contribution in [0, 0.1) is 0 Å². The van der Waals surface area contributed by atoms with Crippen LogP contribution < -0.4 is 10.6 Å². The molecule has 5 fully saturated rings. The third-order valence-corrected chi connectivity index (χ3v) is 12.0. The Morgan fingerprint density at radius 1 is 0.597 bits per heavy atom. The minimum Gasteiger partial charge on any atom is -0.477 e. The number of nitrogens with one attached hydrogen (secondary N) is 2. The molecule has 0 bridgehead atoms. The van der Waals surface area contributed by atoms with Crippen molar-refractivity contribution >= 4 is 17.8 Å². The van der Waals surface area contributed by atoms with E-state index in [-0.39, 0.29) is 6.61 Å². The van der Waals surface area contributed by atoms with Crippen LogP contribution in [0.3, 0.4) is 0 Å². The molecule has 0 saturated carbocycles. The molecular weight excluding hydrogens is 920 g/mol. The summed E-state index contributed by atoms with van der Waals surface area (Å²) in [7, 11) is 0. The molecule has 5 aliphatic heterocycles. The van der Waals surface area contributed by atoms with E-state index >= 15 is 0 Å². The number of rotatable bonds is 18. The zero-order valence-electron chi connectivity index (χ0n) is 35.9. The fourth-order valence-corrected chi connectivity index (χ4v) is 8.48. The fraction of sp³-hybridized carbons (Fsp3) is 0.919. The summed E-state index contributed by atoms with van der Waals surface area (Å²) >= 11 is 0. The van der Waals surface area contributed by atoms with Crippen LogP contribution in [0.1, 0.15) is 20.3 Å². The molecule has 0 spiro atoms. The van der Waals surface area contributed by atoms with E-state index in [4.69, 9.17) is 42.6 Å². The highest BCUT2D eigenvalue weighted by Crippen LogP contribution is 2.39. The lowest BCUT2D eigenvalue weighted by atomic mass is 9.88. The van der Waals surface area contributed by atoms with Gasteiger partial charge in [0.1, 0.15) is 116 Å². The van der Waals surface area contributed by atoms with Gasteiger partial charge in [-0.2, -0.15) is 0 Å². The van der Waals surface area contributed by atoms with E-state index in [2.05, 4.69) is 10.6 Å². The largest absolute Gasteiger partial charge is 0.477 e. The van der Waals surface area contributed by atoms with Crippen molar-refractivity contribution in [3.8, 4) is 0 Å². The molecule has 5 saturated heterocycles. The third kappa shape index (κ3) is 12.0. The van der Waals surface area contributed by atoms with Gasteiger partial charge in [-0.15, -0.1) is 0 Å². The molecule has 67 heavy (non-hydrogen) atoms. The van der Waals surface area contributed by atoms with Crippen LogP contribution >= 0.6 is 0 Å². The topological polar surface area (TPSA) is 482 Å². The highest BCUT2D eigenvalue weighted by Gasteiger charge is 2.61. The van der Waals surface area contributed by atoms with E-state index in [1.54, 1.807) is 0 Å². The number of hydrogen-bond acceptors (Lipinski definition) is 27. The van der Waals surface area contributed by atoms with Gasteiger partial charge in [-0.3, -0.25) is 9.59 Å². The number of carboxylic acids is 1. The SMILES string of the molecule is CC(=O)NC1C(O[C@@H]2OC(CO)[C@H](O)C(O[C@]3(C(=O)O)CC(O)[C@@H](NC(C)=O)C([C@H](O)[C@H](O)CO)O3)C2O)[C@@H](O)C(CO)O[C@H]1O[C@H]1C(CO)O[C@@H](O[C@@H]2C(CO)OCC(O)C2O)C(O)C1O. The lowest BCUT2D eigenvalue weighted by molar-refractivity contribution is -0.387. The van der Waals surface area contributed by atoms with Gasteiger partial charge in [0.05, 0.1) is 51.8 Å². The summed E-state index contributed by atoms with van der Waals surface area (Å²) < 4.78 is 51.1. The number of ether oxygens (including phenoxy) is 9. The molecule has 5 aliphatic rings. The van der Waals surface area contributed by atoms with Crippen LogP contribution in [0.25, 0.3) is 0 Å². The number of carbonyl (C=O) groups is 3. The summed E-state index contributed by atoms with van der Waals surface area (Å²) in [5, 5.41) is 175. The average Bonchev–Trinajstić information content (AvgIpc) is 3.28. The Labute approximate surface area is 379 Å². The Morgan fingerprint density at radius 2 is 1.09 bits per heavy atom. The summed E-state index contributed by atoms with van der Waals surface area (Å²) in [6.45, 7) is -3.36. The normalized spacial score (nSPS) is 46.0. The molecular formula is C37H62N2O28. The summed E-state index contributed by atoms with van der Waals surface area (Å²) in [5.74, 6) is -6.92. The van der Waals surface area contributed by atoms with Crippen molar-refractivity contribution in [2.45, 2.75) is 173 Å². The molecule has 2 amide bonds. The maximum Gasteiger partial charge on any atom is 0.364 e. The minimum atomic E-state index is -3.17. The molecule has 0 aromatic heterocycles. The second kappa shape index (κ2) is 23.6. The first-order valence-electron chi connectivity index (χ1n) is 21.1. The second-order valence-corrected chi connectivity index (χ2v) is 16.7. The predicted octanol–water partition coefficient (Wildman–Crippen LogP) is -11.7. The first-order chi connectivity index (χ1) is 31.6. The number of carboxylic acid groups (broad SMARTS) is 1. The monoisotopic (exact) mass is 982 g/mol. The molecule has 30 nitrogen and oxygen atoms in total. The highest BCUT2D eigenvalue weighted by atomic mass is 16.8. The molecule has 0 aliphatic carbocycles. The van der Waals surface area contributed by atoms with Crippen LogP contribution in [0.4, 0.5) is 0 Å². The highest BCUT2D eigenvalue weighted by molar-refractivity contribution is 5.76. The number of hydrogen-bond donors (Lipinski definition) is 18. The number of amides is 2. The van der Waals surface area contributed by atoms with Crippen molar-refractivity contribution < 1.29 is 139 Å². The lowest BCUT2D eigenvalue weighted by Crippen LogP contribution is -2.71. The summed E-state index contributed by atoms with van der Waals surface area (Å²) in [6.07, 6.45) is -43.5. The third-order valence-electron chi connectivity index (χ3n) is 12.0. The molecule has 0 aromatic rings. The molecule has 18 N–H and O–H groups in total. The summed E-state index contributed by atoms with van der Waals surface area (Å²) in [6, 6.07) is -3.44. The molecule has 25 atom stereocenters. The lowest BCUT2D eigenvalue weighted by Gasteiger charge is -2.51. The van der Waals surface area contributed by atoms with Crippen LogP contribution in [0.5, 0.6) is 0 Å². The fourth-order valence-electron chi connectivity index (χ4n) is 8.48. The van der Waals surface area contributed by atoms with Gasteiger partial charge >= 0.3 is 5.97 Å². The van der Waals surface area contributed by atoms with Gasteiger partial charge in [-0.1, -0.05) is 0 Å². The van der Waals surface area contributed by atoms with Gasteiger partial charge in [0, 0.05) is 20.3 Å². The van der Waals surface area contributed by atoms with E-state index < -0.39 is 210 Å². The van der Waals surface area contributed by atoms with Gasteiger partial charge < -0.3 is 135 Å². The van der Waals surface area contributed by atoms with Crippen molar-refractivity contribution in [1.82, 2.24) is 10.6 Å². The second-order valence-electron chi connectivity index (χ2n) is 16.7. The number of aliphatic hydroxyl groups excluding tert-OH is 15. The Kier molecular flexibility index (Phi) is 19.5. The van der Waals surface area contributed by atoms with Crippen molar-refractivity contribution in [1.29, 1.82) is 0 Å². The molecule has 0 radical (unpaired) electrons.